The highest BCUT2D eigenvalue weighted by molar-refractivity contribution is 6.13. The minimum Gasteiger partial charge on any atom is -0.260 e. The van der Waals surface area contributed by atoms with Crippen LogP contribution in [0.2, 0.25) is 0 Å². The van der Waals surface area contributed by atoms with Gasteiger partial charge in [-0.1, -0.05) is 127 Å². The van der Waals surface area contributed by atoms with Gasteiger partial charge in [-0.25, -0.2) is 14.3 Å². The zero-order chi connectivity index (χ0) is 28.0. The standard InChI is InChI=1S/C36H23N5O/c42-36-40-29-22-12-10-20-27(29)31(24-14-4-1-5-15-24)32(40)28-21-11-13-23-30(28)41(36)35-38-33(25-16-6-2-7-17-25)37-34(39-35)26-18-8-3-9-19-26/h1-23H. The summed E-state index contributed by atoms with van der Waals surface area (Å²) in [6.45, 7) is 0. The van der Waals surface area contributed by atoms with Crippen molar-refractivity contribution in [2.45, 2.75) is 0 Å². The van der Waals surface area contributed by atoms with Crippen LogP contribution >= 0.6 is 0 Å². The van der Waals surface area contributed by atoms with Gasteiger partial charge in [-0.3, -0.25) is 4.40 Å². The van der Waals surface area contributed by atoms with Gasteiger partial charge in [-0.05, 0) is 17.7 Å². The zero-order valence-electron chi connectivity index (χ0n) is 22.4. The normalized spacial score (nSPS) is 11.4. The molecule has 0 N–H and O–H groups in total. The summed E-state index contributed by atoms with van der Waals surface area (Å²) in [4.78, 5) is 29.3. The molecule has 0 atom stereocenters. The van der Waals surface area contributed by atoms with Crippen molar-refractivity contribution >= 4 is 27.3 Å². The Morgan fingerprint density at radius 2 is 0.929 bits per heavy atom. The smallest absolute Gasteiger partial charge is 0.260 e. The summed E-state index contributed by atoms with van der Waals surface area (Å²) in [6.07, 6.45) is 0. The molecule has 0 aliphatic heterocycles. The molecule has 0 saturated heterocycles. The number of rotatable bonds is 4. The molecule has 8 rings (SSSR count). The summed E-state index contributed by atoms with van der Waals surface area (Å²) in [5.74, 6) is 1.26. The fourth-order valence-corrected chi connectivity index (χ4v) is 5.75. The minimum absolute atomic E-state index is 0.244. The number of hydrogen-bond acceptors (Lipinski definition) is 4. The van der Waals surface area contributed by atoms with E-state index in [-0.39, 0.29) is 11.6 Å². The molecule has 0 fully saturated rings. The van der Waals surface area contributed by atoms with E-state index in [2.05, 4.69) is 24.3 Å². The molecule has 198 valence electrons. The molecule has 0 unspecified atom stereocenters. The largest absolute Gasteiger partial charge is 0.340 e. The van der Waals surface area contributed by atoms with Crippen LogP contribution in [0.4, 0.5) is 0 Å². The van der Waals surface area contributed by atoms with Gasteiger partial charge in [0.2, 0.25) is 5.95 Å². The highest BCUT2D eigenvalue weighted by Gasteiger charge is 2.23. The first-order valence-corrected chi connectivity index (χ1v) is 13.8. The van der Waals surface area contributed by atoms with Crippen molar-refractivity contribution in [1.82, 2.24) is 23.9 Å². The highest BCUT2D eigenvalue weighted by Crippen LogP contribution is 2.38. The van der Waals surface area contributed by atoms with E-state index in [1.54, 1.807) is 8.97 Å². The van der Waals surface area contributed by atoms with Crippen LogP contribution in [0.25, 0.3) is 67.2 Å². The van der Waals surface area contributed by atoms with Crippen molar-refractivity contribution in [3.05, 3.63) is 150 Å². The number of hydrogen-bond donors (Lipinski definition) is 0. The second-order valence-corrected chi connectivity index (χ2v) is 10.1. The maximum atomic E-state index is 14.7. The number of benzene rings is 5. The van der Waals surface area contributed by atoms with E-state index in [4.69, 9.17) is 15.0 Å². The van der Waals surface area contributed by atoms with Crippen LogP contribution in [-0.2, 0) is 0 Å². The lowest BCUT2D eigenvalue weighted by molar-refractivity contribution is 0.853. The third-order valence-electron chi connectivity index (χ3n) is 7.61. The first-order chi connectivity index (χ1) is 20.8. The summed E-state index contributed by atoms with van der Waals surface area (Å²) >= 11 is 0. The molecule has 3 aromatic heterocycles. The topological polar surface area (TPSA) is 65.1 Å². The number of para-hydroxylation sites is 2. The second kappa shape index (κ2) is 9.64. The van der Waals surface area contributed by atoms with Crippen molar-refractivity contribution < 1.29 is 0 Å². The molecule has 0 saturated carbocycles. The van der Waals surface area contributed by atoms with Gasteiger partial charge < -0.3 is 0 Å². The Kier molecular flexibility index (Phi) is 5.50. The molecule has 0 radical (unpaired) electrons. The van der Waals surface area contributed by atoms with E-state index in [1.165, 1.54) is 0 Å². The minimum atomic E-state index is -0.244. The predicted molar refractivity (Wildman–Crippen MR) is 168 cm³/mol. The van der Waals surface area contributed by atoms with E-state index in [0.717, 1.165) is 49.6 Å². The van der Waals surface area contributed by atoms with Crippen molar-refractivity contribution in [2.75, 3.05) is 0 Å². The summed E-state index contributed by atoms with van der Waals surface area (Å²) in [5, 5.41) is 1.93. The Morgan fingerprint density at radius 1 is 0.452 bits per heavy atom. The van der Waals surface area contributed by atoms with Gasteiger partial charge in [0.05, 0.1) is 16.6 Å². The van der Waals surface area contributed by atoms with Gasteiger partial charge in [0.25, 0.3) is 0 Å². The van der Waals surface area contributed by atoms with Crippen LogP contribution in [0, 0.1) is 0 Å². The molecule has 0 amide bonds. The van der Waals surface area contributed by atoms with E-state index >= 15 is 0 Å². The first kappa shape index (κ1) is 24.0. The zero-order valence-corrected chi connectivity index (χ0v) is 22.4. The molecule has 42 heavy (non-hydrogen) atoms. The lowest BCUT2D eigenvalue weighted by atomic mass is 10.0. The average molecular weight is 542 g/mol. The van der Waals surface area contributed by atoms with Crippen molar-refractivity contribution in [3.63, 3.8) is 0 Å². The third-order valence-corrected chi connectivity index (χ3v) is 7.61. The fourth-order valence-electron chi connectivity index (χ4n) is 5.75. The Balaban J connectivity index is 1.53. The molecule has 6 nitrogen and oxygen atoms in total. The van der Waals surface area contributed by atoms with Crippen molar-refractivity contribution in [2.24, 2.45) is 0 Å². The summed E-state index contributed by atoms with van der Waals surface area (Å²) in [6, 6.07) is 45.8. The quantitative estimate of drug-likeness (QED) is 0.230. The molecule has 0 bridgehead atoms. The molecule has 8 aromatic rings. The van der Waals surface area contributed by atoms with Crippen LogP contribution < -0.4 is 5.69 Å². The van der Waals surface area contributed by atoms with Gasteiger partial charge >= 0.3 is 5.69 Å². The SMILES string of the molecule is O=c1n(-c2nc(-c3ccccc3)nc(-c3ccccc3)n2)c2ccccc2c2c(-c3ccccc3)c3ccccc3n12. The molecule has 0 aliphatic rings. The monoisotopic (exact) mass is 541 g/mol. The summed E-state index contributed by atoms with van der Waals surface area (Å²) < 4.78 is 3.41. The fraction of sp³-hybridized carbons (Fsp3) is 0. The average Bonchev–Trinajstić information content (AvgIpc) is 3.42. The van der Waals surface area contributed by atoms with Gasteiger partial charge in [0.15, 0.2) is 11.6 Å². The number of nitrogens with zero attached hydrogens (tertiary/aromatic N) is 5. The van der Waals surface area contributed by atoms with E-state index in [1.807, 2.05) is 115 Å². The molecule has 5 aromatic carbocycles. The van der Waals surface area contributed by atoms with E-state index in [0.29, 0.717) is 11.6 Å². The van der Waals surface area contributed by atoms with Gasteiger partial charge in [0, 0.05) is 27.5 Å². The molecular weight excluding hydrogens is 518 g/mol. The van der Waals surface area contributed by atoms with E-state index in [9.17, 15) is 4.79 Å². The highest BCUT2D eigenvalue weighted by atomic mass is 16.1. The van der Waals surface area contributed by atoms with Crippen molar-refractivity contribution in [1.29, 1.82) is 0 Å². The number of aromatic nitrogens is 5. The molecule has 0 aliphatic carbocycles. The predicted octanol–water partition coefficient (Wildman–Crippen LogP) is 7.58. The Bertz CT molecular complexity index is 2250. The first-order valence-electron chi connectivity index (χ1n) is 13.8. The molecule has 3 heterocycles. The molecular formula is C36H23N5O. The molecule has 6 heteroatoms. The Hall–Kier alpha value is -5.88. The second-order valence-electron chi connectivity index (χ2n) is 10.1. The van der Waals surface area contributed by atoms with Crippen molar-refractivity contribution in [3.8, 4) is 39.9 Å². The van der Waals surface area contributed by atoms with Crippen LogP contribution in [0.5, 0.6) is 0 Å². The lowest BCUT2D eigenvalue weighted by Crippen LogP contribution is -2.27. The van der Waals surface area contributed by atoms with Crippen LogP contribution in [-0.4, -0.2) is 23.9 Å². The molecule has 0 spiro atoms. The van der Waals surface area contributed by atoms with E-state index < -0.39 is 0 Å². The Labute approximate surface area is 240 Å². The summed E-state index contributed by atoms with van der Waals surface area (Å²) in [5.41, 5.74) is 5.93. The van der Waals surface area contributed by atoms with Crippen LogP contribution in [0.1, 0.15) is 0 Å². The van der Waals surface area contributed by atoms with Crippen LogP contribution in [0.15, 0.2) is 144 Å². The summed E-state index contributed by atoms with van der Waals surface area (Å²) in [7, 11) is 0. The number of fused-ring (bicyclic) bond motifs is 5. The Morgan fingerprint density at radius 3 is 1.52 bits per heavy atom. The van der Waals surface area contributed by atoms with Crippen LogP contribution in [0.3, 0.4) is 0 Å². The maximum absolute atomic E-state index is 14.7. The van der Waals surface area contributed by atoms with Gasteiger partial charge in [-0.15, -0.1) is 0 Å². The van der Waals surface area contributed by atoms with Gasteiger partial charge in [0.1, 0.15) is 0 Å². The third kappa shape index (κ3) is 3.73. The van der Waals surface area contributed by atoms with Gasteiger partial charge in [-0.2, -0.15) is 9.97 Å². The maximum Gasteiger partial charge on any atom is 0.340 e. The lowest BCUT2D eigenvalue weighted by Gasteiger charge is -2.14.